The van der Waals surface area contributed by atoms with E-state index in [1.807, 2.05) is 0 Å². The first kappa shape index (κ1) is 35.5. The highest BCUT2D eigenvalue weighted by Crippen LogP contribution is 2.19. The maximum Gasteiger partial charge on any atom is 0.0600 e. The molecule has 0 spiro atoms. The molecule has 0 radical (unpaired) electrons. The van der Waals surface area contributed by atoms with Crippen LogP contribution >= 0.6 is 0 Å². The summed E-state index contributed by atoms with van der Waals surface area (Å²) in [6, 6.07) is 0. The van der Waals surface area contributed by atoms with Gasteiger partial charge in [-0.15, -0.1) is 0 Å². The zero-order valence-electron chi connectivity index (χ0n) is 24.0. The summed E-state index contributed by atoms with van der Waals surface area (Å²) < 4.78 is 18.5. The minimum Gasteiger partial charge on any atom is -0.381 e. The number of azide groups is 2. The van der Waals surface area contributed by atoms with Crippen LogP contribution in [-0.4, -0.2) is 51.7 Å². The highest BCUT2D eigenvalue weighted by Gasteiger charge is 2.17. The summed E-state index contributed by atoms with van der Waals surface area (Å²) in [5.74, 6) is 0. The molecule has 0 fully saturated rings. The molecule has 0 saturated heterocycles. The molecule has 0 amide bonds. The highest BCUT2D eigenvalue weighted by atomic mass is 16.5. The lowest BCUT2D eigenvalue weighted by molar-refractivity contribution is -0.0517. The second kappa shape index (κ2) is 30.7. The van der Waals surface area contributed by atoms with Crippen LogP contribution in [0.4, 0.5) is 0 Å². The molecule has 2 unspecified atom stereocenters. The van der Waals surface area contributed by atoms with Gasteiger partial charge in [0, 0.05) is 49.3 Å². The van der Waals surface area contributed by atoms with Gasteiger partial charge in [-0.3, -0.25) is 0 Å². The predicted octanol–water partition coefficient (Wildman–Crippen LogP) is 9.46. The molecule has 2 atom stereocenters. The third-order valence-electron chi connectivity index (χ3n) is 6.53. The van der Waals surface area contributed by atoms with Crippen LogP contribution in [0.2, 0.25) is 0 Å². The maximum absolute atomic E-state index is 8.47. The van der Waals surface area contributed by atoms with Crippen molar-refractivity contribution in [2.24, 2.45) is 10.2 Å². The van der Waals surface area contributed by atoms with E-state index in [0.717, 1.165) is 103 Å². The quantitative estimate of drug-likeness (QED) is 0.0402. The predicted molar refractivity (Wildman–Crippen MR) is 153 cm³/mol. The van der Waals surface area contributed by atoms with Crippen molar-refractivity contribution in [3.05, 3.63) is 20.9 Å². The largest absolute Gasteiger partial charge is 0.381 e. The van der Waals surface area contributed by atoms with Crippen molar-refractivity contribution >= 4 is 0 Å². The van der Waals surface area contributed by atoms with E-state index >= 15 is 0 Å². The molecule has 37 heavy (non-hydrogen) atoms. The number of ether oxygens (including phenoxy) is 3. The first-order valence-corrected chi connectivity index (χ1v) is 15.1. The Bertz CT molecular complexity index is 520. The van der Waals surface area contributed by atoms with Crippen molar-refractivity contribution in [1.82, 2.24) is 0 Å². The monoisotopic (exact) mass is 524 g/mol. The van der Waals surface area contributed by atoms with Gasteiger partial charge in [0.2, 0.25) is 0 Å². The number of hydrogen-bond acceptors (Lipinski definition) is 5. The average Bonchev–Trinajstić information content (AvgIpc) is 2.91. The third-order valence-corrected chi connectivity index (χ3v) is 6.53. The second-order valence-electron chi connectivity index (χ2n) is 9.91. The zero-order chi connectivity index (χ0) is 27.1. The summed E-state index contributed by atoms with van der Waals surface area (Å²) in [6.07, 6.45) is 20.0. The van der Waals surface area contributed by atoms with Gasteiger partial charge in [-0.25, -0.2) is 0 Å². The molecule has 0 aromatic rings. The summed E-state index contributed by atoms with van der Waals surface area (Å²) in [5, 5.41) is 7.29. The smallest absolute Gasteiger partial charge is 0.0600 e. The van der Waals surface area contributed by atoms with Gasteiger partial charge in [-0.2, -0.15) is 0 Å². The van der Waals surface area contributed by atoms with Crippen LogP contribution in [0, 0.1) is 0 Å². The Morgan fingerprint density at radius 1 is 0.514 bits per heavy atom. The van der Waals surface area contributed by atoms with Gasteiger partial charge in [-0.05, 0) is 62.4 Å². The molecule has 0 aliphatic carbocycles. The van der Waals surface area contributed by atoms with E-state index in [-0.39, 0.29) is 12.2 Å². The molecular weight excluding hydrogens is 468 g/mol. The fraction of sp³-hybridized carbons (Fsp3) is 1.00. The van der Waals surface area contributed by atoms with Crippen LogP contribution in [0.1, 0.15) is 129 Å². The summed E-state index contributed by atoms with van der Waals surface area (Å²) in [5.41, 5.74) is 16.9. The fourth-order valence-electron chi connectivity index (χ4n) is 4.28. The van der Waals surface area contributed by atoms with Gasteiger partial charge in [0.15, 0.2) is 0 Å². The minimum absolute atomic E-state index is 0.174. The van der Waals surface area contributed by atoms with Crippen LogP contribution in [0.5, 0.6) is 0 Å². The van der Waals surface area contributed by atoms with Gasteiger partial charge in [0.05, 0.1) is 12.2 Å². The normalized spacial score (nSPS) is 12.6. The lowest BCUT2D eigenvalue weighted by Gasteiger charge is -2.25. The first-order valence-electron chi connectivity index (χ1n) is 15.1. The van der Waals surface area contributed by atoms with E-state index in [1.54, 1.807) is 0 Å². The Labute approximate surface area is 226 Å². The molecule has 0 bridgehead atoms. The topological polar surface area (TPSA) is 125 Å². The van der Waals surface area contributed by atoms with E-state index in [9.17, 15) is 0 Å². The Morgan fingerprint density at radius 2 is 0.946 bits per heavy atom. The molecule has 9 heteroatoms. The lowest BCUT2D eigenvalue weighted by atomic mass is 10.0. The lowest BCUT2D eigenvalue weighted by Crippen LogP contribution is -2.25. The number of nitrogens with zero attached hydrogens (tertiary/aromatic N) is 6. The number of hydrogen-bond donors (Lipinski definition) is 0. The molecule has 0 aliphatic heterocycles. The standard InChI is InChI=1S/C28H56N6O3/c1-3-5-7-15-23-35-25-19-27(17-11-9-13-21-31-33-29)37-28(18-12-10-14-22-32-34-30)20-26-36-24-16-8-6-4-2/h27-28H,3-26H2,1-2H3. The van der Waals surface area contributed by atoms with Crippen molar-refractivity contribution in [3.8, 4) is 0 Å². The van der Waals surface area contributed by atoms with Crippen LogP contribution in [0.25, 0.3) is 20.9 Å². The van der Waals surface area contributed by atoms with Gasteiger partial charge in [-0.1, -0.05) is 88.3 Å². The first-order chi connectivity index (χ1) is 18.3. The third kappa shape index (κ3) is 27.4. The Morgan fingerprint density at radius 3 is 1.35 bits per heavy atom. The Kier molecular flexibility index (Phi) is 29.5. The van der Waals surface area contributed by atoms with E-state index < -0.39 is 0 Å². The van der Waals surface area contributed by atoms with E-state index in [0.29, 0.717) is 13.1 Å². The number of rotatable bonds is 30. The molecule has 0 aromatic heterocycles. The molecule has 0 rings (SSSR count). The number of unbranched alkanes of at least 4 members (excludes halogenated alkanes) is 10. The molecule has 216 valence electrons. The maximum atomic E-state index is 8.47. The Balaban J connectivity index is 4.67. The molecular formula is C28H56N6O3. The van der Waals surface area contributed by atoms with Crippen molar-refractivity contribution in [2.75, 3.05) is 39.5 Å². The fourth-order valence-corrected chi connectivity index (χ4v) is 4.28. The summed E-state index contributed by atoms with van der Waals surface area (Å²) in [7, 11) is 0. The summed E-state index contributed by atoms with van der Waals surface area (Å²) >= 11 is 0. The molecule has 9 nitrogen and oxygen atoms in total. The highest BCUT2D eigenvalue weighted by molar-refractivity contribution is 4.67. The van der Waals surface area contributed by atoms with Gasteiger partial charge >= 0.3 is 0 Å². The SMILES string of the molecule is CCCCCCOCCC(CCCCCN=[N+]=[N-])OC(CCCCCN=[N+]=[N-])CCOCCCCCC. The van der Waals surface area contributed by atoms with Crippen LogP contribution in [0.15, 0.2) is 10.2 Å². The molecule has 0 aliphatic rings. The zero-order valence-corrected chi connectivity index (χ0v) is 24.0. The average molecular weight is 525 g/mol. The molecule has 0 aromatic carbocycles. The molecule has 0 saturated carbocycles. The van der Waals surface area contributed by atoms with Crippen molar-refractivity contribution in [1.29, 1.82) is 0 Å². The summed E-state index contributed by atoms with van der Waals surface area (Å²) in [6.45, 7) is 8.73. The Hall–Kier alpha value is -1.50. The van der Waals surface area contributed by atoms with Crippen LogP contribution in [-0.2, 0) is 14.2 Å². The van der Waals surface area contributed by atoms with Crippen molar-refractivity contribution in [3.63, 3.8) is 0 Å². The van der Waals surface area contributed by atoms with Gasteiger partial charge in [0.25, 0.3) is 0 Å². The minimum atomic E-state index is 0.174. The van der Waals surface area contributed by atoms with Gasteiger partial charge in [0.1, 0.15) is 0 Å². The van der Waals surface area contributed by atoms with Crippen molar-refractivity contribution < 1.29 is 14.2 Å². The van der Waals surface area contributed by atoms with Crippen molar-refractivity contribution in [2.45, 2.75) is 142 Å². The van der Waals surface area contributed by atoms with E-state index in [2.05, 4.69) is 33.9 Å². The molecule has 0 heterocycles. The second-order valence-corrected chi connectivity index (χ2v) is 9.91. The van der Waals surface area contributed by atoms with Gasteiger partial charge < -0.3 is 14.2 Å². The van der Waals surface area contributed by atoms with E-state index in [4.69, 9.17) is 25.3 Å². The van der Waals surface area contributed by atoms with E-state index in [1.165, 1.54) is 38.5 Å². The summed E-state index contributed by atoms with van der Waals surface area (Å²) in [4.78, 5) is 5.68. The molecule has 0 N–H and O–H groups in total. The van der Waals surface area contributed by atoms with Crippen LogP contribution < -0.4 is 0 Å². The van der Waals surface area contributed by atoms with Crippen LogP contribution in [0.3, 0.4) is 0 Å².